The van der Waals surface area contributed by atoms with Gasteiger partial charge in [0.05, 0.1) is 11.4 Å². The molecule has 1 N–H and O–H groups in total. The summed E-state index contributed by atoms with van der Waals surface area (Å²) < 4.78 is 1.72. The molecule has 0 fully saturated rings. The van der Waals surface area contributed by atoms with Crippen molar-refractivity contribution in [2.45, 2.75) is 26.2 Å². The van der Waals surface area contributed by atoms with Gasteiger partial charge in [0.1, 0.15) is 5.82 Å². The molecule has 5 rings (SSSR count). The molecule has 0 atom stereocenters. The summed E-state index contributed by atoms with van der Waals surface area (Å²) in [4.78, 5) is 18.0. The molecular formula is C29H26N4OS. The number of benzene rings is 3. The first-order chi connectivity index (χ1) is 17.1. The first-order valence-corrected chi connectivity index (χ1v) is 12.4. The van der Waals surface area contributed by atoms with Crippen LogP contribution in [0, 0.1) is 13.8 Å². The van der Waals surface area contributed by atoms with Crippen molar-refractivity contribution in [3.05, 3.63) is 119 Å². The highest BCUT2D eigenvalue weighted by Crippen LogP contribution is 2.30. The molecule has 35 heavy (non-hydrogen) atoms. The average Bonchev–Trinajstić information content (AvgIpc) is 3.51. The van der Waals surface area contributed by atoms with E-state index in [1.165, 1.54) is 16.9 Å². The minimum atomic E-state index is -0.0702. The van der Waals surface area contributed by atoms with E-state index in [4.69, 9.17) is 4.98 Å². The molecule has 6 heteroatoms. The fraction of sp³-hybridized carbons (Fsp3) is 0.138. The fourth-order valence-electron chi connectivity index (χ4n) is 4.13. The molecule has 2 aromatic heterocycles. The molecule has 0 aliphatic rings. The van der Waals surface area contributed by atoms with Gasteiger partial charge in [0, 0.05) is 29.3 Å². The maximum Gasteiger partial charge on any atom is 0.226 e. The van der Waals surface area contributed by atoms with Crippen LogP contribution < -0.4 is 5.32 Å². The summed E-state index contributed by atoms with van der Waals surface area (Å²) in [7, 11) is 0. The fourth-order valence-corrected chi connectivity index (χ4v) is 4.93. The zero-order chi connectivity index (χ0) is 24.2. The number of hydrogen-bond acceptors (Lipinski definition) is 4. The Hall–Kier alpha value is -4.03. The summed E-state index contributed by atoms with van der Waals surface area (Å²) in [6.45, 7) is 3.98. The predicted octanol–water partition coefficient (Wildman–Crippen LogP) is 6.77. The molecule has 1 amide bonds. The highest BCUT2D eigenvalue weighted by atomic mass is 32.1. The first-order valence-electron chi connectivity index (χ1n) is 11.6. The minimum Gasteiger partial charge on any atom is -0.310 e. The molecule has 0 aliphatic heterocycles. The number of nitrogens with zero attached hydrogens (tertiary/aromatic N) is 3. The van der Waals surface area contributed by atoms with E-state index in [0.29, 0.717) is 17.4 Å². The Bertz CT molecular complexity index is 1380. The highest BCUT2D eigenvalue weighted by molar-refractivity contribution is 7.12. The summed E-state index contributed by atoms with van der Waals surface area (Å²) in [6, 6.07) is 30.5. The lowest BCUT2D eigenvalue weighted by molar-refractivity contribution is -0.116. The molecule has 3 aromatic carbocycles. The molecule has 0 radical (unpaired) electrons. The van der Waals surface area contributed by atoms with Crippen molar-refractivity contribution in [3.63, 3.8) is 0 Å². The SMILES string of the molecule is Cc1ccc(-c2csc(-n3nc(C)cc3NC(=O)CC(c3ccccc3)c3ccccc3)n2)cc1. The van der Waals surface area contributed by atoms with Crippen LogP contribution in [0.3, 0.4) is 0 Å². The summed E-state index contributed by atoms with van der Waals surface area (Å²) in [5.74, 6) is 0.513. The molecule has 0 spiro atoms. The number of carbonyl (C=O) groups is 1. The topological polar surface area (TPSA) is 59.8 Å². The molecule has 0 unspecified atom stereocenters. The van der Waals surface area contributed by atoms with Crippen LogP contribution in [-0.4, -0.2) is 20.7 Å². The van der Waals surface area contributed by atoms with Gasteiger partial charge in [-0.1, -0.05) is 90.5 Å². The number of aromatic nitrogens is 3. The van der Waals surface area contributed by atoms with Gasteiger partial charge in [-0.25, -0.2) is 4.98 Å². The van der Waals surface area contributed by atoms with Crippen LogP contribution in [-0.2, 0) is 4.79 Å². The van der Waals surface area contributed by atoms with Gasteiger partial charge in [-0.3, -0.25) is 4.79 Å². The smallest absolute Gasteiger partial charge is 0.226 e. The zero-order valence-corrected chi connectivity index (χ0v) is 20.5. The van der Waals surface area contributed by atoms with Crippen molar-refractivity contribution in [1.82, 2.24) is 14.8 Å². The number of thiazole rings is 1. The zero-order valence-electron chi connectivity index (χ0n) is 19.7. The highest BCUT2D eigenvalue weighted by Gasteiger charge is 2.20. The van der Waals surface area contributed by atoms with Crippen molar-refractivity contribution in [3.8, 4) is 16.4 Å². The van der Waals surface area contributed by atoms with Gasteiger partial charge in [-0.05, 0) is 25.0 Å². The third-order valence-corrected chi connectivity index (χ3v) is 6.73. The van der Waals surface area contributed by atoms with Gasteiger partial charge >= 0.3 is 0 Å². The van der Waals surface area contributed by atoms with Crippen molar-refractivity contribution < 1.29 is 4.79 Å². The lowest BCUT2D eigenvalue weighted by atomic mass is 9.88. The van der Waals surface area contributed by atoms with E-state index < -0.39 is 0 Å². The van der Waals surface area contributed by atoms with Crippen LogP contribution in [0.4, 0.5) is 5.82 Å². The summed E-state index contributed by atoms with van der Waals surface area (Å²) >= 11 is 1.50. The predicted molar refractivity (Wildman–Crippen MR) is 142 cm³/mol. The van der Waals surface area contributed by atoms with E-state index in [1.807, 2.05) is 54.8 Å². The minimum absolute atomic E-state index is 0.0390. The molecular weight excluding hydrogens is 452 g/mol. The van der Waals surface area contributed by atoms with E-state index in [0.717, 1.165) is 28.1 Å². The van der Waals surface area contributed by atoms with Crippen LogP contribution >= 0.6 is 11.3 Å². The quantitative estimate of drug-likeness (QED) is 0.281. The molecule has 2 heterocycles. The molecule has 0 saturated heterocycles. The third-order valence-electron chi connectivity index (χ3n) is 5.91. The van der Waals surface area contributed by atoms with Gasteiger partial charge in [-0.15, -0.1) is 11.3 Å². The molecule has 0 bridgehead atoms. The Balaban J connectivity index is 1.38. The van der Waals surface area contributed by atoms with Crippen molar-refractivity contribution in [2.24, 2.45) is 0 Å². The van der Waals surface area contributed by atoms with Crippen LogP contribution in [0.15, 0.2) is 96.4 Å². The third kappa shape index (κ3) is 5.23. The number of amides is 1. The van der Waals surface area contributed by atoms with E-state index in [-0.39, 0.29) is 11.8 Å². The Morgan fingerprint density at radius 1 is 0.914 bits per heavy atom. The Morgan fingerprint density at radius 2 is 1.54 bits per heavy atom. The van der Waals surface area contributed by atoms with Gasteiger partial charge < -0.3 is 5.32 Å². The summed E-state index contributed by atoms with van der Waals surface area (Å²) in [5, 5.41) is 10.4. The Labute approximate surface area is 209 Å². The molecule has 5 nitrogen and oxygen atoms in total. The van der Waals surface area contributed by atoms with Gasteiger partial charge in [0.25, 0.3) is 0 Å². The lowest BCUT2D eigenvalue weighted by Crippen LogP contribution is -2.18. The Morgan fingerprint density at radius 3 is 2.17 bits per heavy atom. The maximum absolute atomic E-state index is 13.3. The number of anilines is 1. The maximum atomic E-state index is 13.3. The van der Waals surface area contributed by atoms with E-state index in [2.05, 4.69) is 65.9 Å². The number of hydrogen-bond donors (Lipinski definition) is 1. The number of aryl methyl sites for hydroxylation is 2. The Kier molecular flexibility index (Phi) is 6.55. The van der Waals surface area contributed by atoms with Crippen LogP contribution in [0.25, 0.3) is 16.4 Å². The second kappa shape index (κ2) is 10.1. The summed E-state index contributed by atoms with van der Waals surface area (Å²) in [6.07, 6.45) is 0.324. The summed E-state index contributed by atoms with van der Waals surface area (Å²) in [5.41, 5.74) is 6.20. The first kappa shape index (κ1) is 22.7. The largest absolute Gasteiger partial charge is 0.310 e. The second-order valence-corrected chi connectivity index (χ2v) is 9.43. The molecule has 0 saturated carbocycles. The average molecular weight is 479 g/mol. The number of carbonyl (C=O) groups excluding carboxylic acids is 1. The molecule has 0 aliphatic carbocycles. The van der Waals surface area contributed by atoms with Gasteiger partial charge in [-0.2, -0.15) is 9.78 Å². The number of nitrogens with one attached hydrogen (secondary N) is 1. The molecule has 5 aromatic rings. The lowest BCUT2D eigenvalue weighted by Gasteiger charge is -2.18. The van der Waals surface area contributed by atoms with E-state index >= 15 is 0 Å². The second-order valence-electron chi connectivity index (χ2n) is 8.59. The van der Waals surface area contributed by atoms with Crippen LogP contribution in [0.2, 0.25) is 0 Å². The number of rotatable bonds is 7. The van der Waals surface area contributed by atoms with Crippen molar-refractivity contribution in [1.29, 1.82) is 0 Å². The molecule has 174 valence electrons. The normalized spacial score (nSPS) is 11.1. The monoisotopic (exact) mass is 478 g/mol. The standard InChI is InChI=1S/C29H26N4OS/c1-20-13-15-24(16-14-20)26-19-35-29(30-26)33-27(17-21(2)32-33)31-28(34)18-25(22-9-5-3-6-10-22)23-11-7-4-8-12-23/h3-17,19,25H,18H2,1-2H3,(H,31,34). The van der Waals surface area contributed by atoms with Crippen LogP contribution in [0.1, 0.15) is 34.7 Å². The van der Waals surface area contributed by atoms with Crippen molar-refractivity contribution in [2.75, 3.05) is 5.32 Å². The van der Waals surface area contributed by atoms with E-state index in [1.54, 1.807) is 4.68 Å². The van der Waals surface area contributed by atoms with E-state index in [9.17, 15) is 4.79 Å². The van der Waals surface area contributed by atoms with Gasteiger partial charge in [0.15, 0.2) is 0 Å². The van der Waals surface area contributed by atoms with Gasteiger partial charge in [0.2, 0.25) is 11.0 Å². The van der Waals surface area contributed by atoms with Crippen molar-refractivity contribution >= 4 is 23.1 Å². The van der Waals surface area contributed by atoms with Crippen LogP contribution in [0.5, 0.6) is 0 Å².